The van der Waals surface area contributed by atoms with E-state index in [0.717, 1.165) is 50.1 Å². The summed E-state index contributed by atoms with van der Waals surface area (Å²) in [6.45, 7) is 13.6. The Morgan fingerprint density at radius 3 is 2.79 bits per heavy atom. The van der Waals surface area contributed by atoms with Crippen molar-refractivity contribution < 1.29 is 0 Å². The maximum Gasteiger partial charge on any atom is 0.141 e. The average Bonchev–Trinajstić information content (AvgIpc) is 2.95. The SMILES string of the molecule is Cc1cccc(N2CCN(Cc3ncnn3CC(C)C)[C@H](C)C2)n1. The lowest BCUT2D eigenvalue weighted by atomic mass is 10.2. The van der Waals surface area contributed by atoms with Gasteiger partial charge in [0.2, 0.25) is 0 Å². The maximum atomic E-state index is 4.66. The van der Waals surface area contributed by atoms with Gasteiger partial charge < -0.3 is 4.90 Å². The highest BCUT2D eigenvalue weighted by Crippen LogP contribution is 2.19. The first-order chi connectivity index (χ1) is 11.5. The van der Waals surface area contributed by atoms with Gasteiger partial charge in [-0.25, -0.2) is 14.6 Å². The van der Waals surface area contributed by atoms with E-state index in [1.165, 1.54) is 0 Å². The number of rotatable bonds is 5. The van der Waals surface area contributed by atoms with Crippen LogP contribution in [0.1, 0.15) is 32.3 Å². The number of aromatic nitrogens is 4. The molecule has 1 atom stereocenters. The molecule has 0 aliphatic carbocycles. The summed E-state index contributed by atoms with van der Waals surface area (Å²) >= 11 is 0. The van der Waals surface area contributed by atoms with Crippen molar-refractivity contribution in [3.63, 3.8) is 0 Å². The van der Waals surface area contributed by atoms with Crippen LogP contribution in [0.4, 0.5) is 5.82 Å². The Hall–Kier alpha value is -1.95. The summed E-state index contributed by atoms with van der Waals surface area (Å²) in [5.41, 5.74) is 1.07. The van der Waals surface area contributed by atoms with Crippen molar-refractivity contribution in [2.75, 3.05) is 24.5 Å². The Labute approximate surface area is 144 Å². The fourth-order valence-electron chi connectivity index (χ4n) is 3.23. The second-order valence-electron chi connectivity index (χ2n) is 7.15. The van der Waals surface area contributed by atoms with Gasteiger partial charge in [-0.15, -0.1) is 0 Å². The van der Waals surface area contributed by atoms with Crippen LogP contribution in [0.25, 0.3) is 0 Å². The minimum Gasteiger partial charge on any atom is -0.354 e. The molecule has 0 aromatic carbocycles. The molecule has 1 aliphatic heterocycles. The molecule has 6 heteroatoms. The van der Waals surface area contributed by atoms with Crippen LogP contribution in [0.5, 0.6) is 0 Å². The highest BCUT2D eigenvalue weighted by atomic mass is 15.4. The predicted molar refractivity (Wildman–Crippen MR) is 95.9 cm³/mol. The number of pyridine rings is 1. The lowest BCUT2D eigenvalue weighted by molar-refractivity contribution is 0.172. The maximum absolute atomic E-state index is 4.66. The third-order valence-corrected chi connectivity index (χ3v) is 4.54. The molecule has 24 heavy (non-hydrogen) atoms. The molecular formula is C18H28N6. The summed E-state index contributed by atoms with van der Waals surface area (Å²) in [5.74, 6) is 2.73. The molecule has 0 amide bonds. The lowest BCUT2D eigenvalue weighted by Gasteiger charge is -2.40. The van der Waals surface area contributed by atoms with E-state index in [4.69, 9.17) is 0 Å². The van der Waals surface area contributed by atoms with Crippen molar-refractivity contribution in [1.29, 1.82) is 0 Å². The third-order valence-electron chi connectivity index (χ3n) is 4.54. The summed E-state index contributed by atoms with van der Waals surface area (Å²) in [6.07, 6.45) is 1.68. The highest BCUT2D eigenvalue weighted by molar-refractivity contribution is 5.40. The molecule has 3 rings (SSSR count). The number of anilines is 1. The van der Waals surface area contributed by atoms with Gasteiger partial charge in [-0.3, -0.25) is 4.90 Å². The van der Waals surface area contributed by atoms with Gasteiger partial charge in [0.1, 0.15) is 18.0 Å². The topological polar surface area (TPSA) is 50.1 Å². The van der Waals surface area contributed by atoms with Gasteiger partial charge in [0.25, 0.3) is 0 Å². The molecule has 1 saturated heterocycles. The van der Waals surface area contributed by atoms with Crippen LogP contribution in [0, 0.1) is 12.8 Å². The quantitative estimate of drug-likeness (QED) is 0.843. The monoisotopic (exact) mass is 328 g/mol. The van der Waals surface area contributed by atoms with E-state index in [2.05, 4.69) is 57.8 Å². The Kier molecular flexibility index (Phi) is 5.14. The smallest absolute Gasteiger partial charge is 0.141 e. The number of hydrogen-bond acceptors (Lipinski definition) is 5. The van der Waals surface area contributed by atoms with Crippen LogP contribution in [0.2, 0.25) is 0 Å². The molecule has 0 unspecified atom stereocenters. The molecule has 1 aliphatic rings. The van der Waals surface area contributed by atoms with Gasteiger partial charge in [0.05, 0.1) is 6.54 Å². The van der Waals surface area contributed by atoms with E-state index in [1.54, 1.807) is 6.33 Å². The molecule has 0 spiro atoms. The van der Waals surface area contributed by atoms with Gasteiger partial charge in [0.15, 0.2) is 0 Å². The second-order valence-corrected chi connectivity index (χ2v) is 7.15. The van der Waals surface area contributed by atoms with E-state index in [9.17, 15) is 0 Å². The Morgan fingerprint density at radius 1 is 1.25 bits per heavy atom. The van der Waals surface area contributed by atoms with Crippen molar-refractivity contribution in [2.45, 2.75) is 46.8 Å². The molecule has 0 saturated carbocycles. The molecule has 1 fully saturated rings. The van der Waals surface area contributed by atoms with Crippen molar-refractivity contribution in [1.82, 2.24) is 24.6 Å². The summed E-state index contributed by atoms with van der Waals surface area (Å²) < 4.78 is 2.05. The Bertz CT molecular complexity index is 665. The van der Waals surface area contributed by atoms with E-state index >= 15 is 0 Å². The van der Waals surface area contributed by atoms with E-state index in [1.807, 2.05) is 17.7 Å². The van der Waals surface area contributed by atoms with E-state index < -0.39 is 0 Å². The standard InChI is InChI=1S/C18H28N6/c1-14(2)10-24-18(19-13-20-24)12-22-8-9-23(11-16(22)4)17-7-5-6-15(3)21-17/h5-7,13-14,16H,8-12H2,1-4H3/t16-/m1/s1. The summed E-state index contributed by atoms with van der Waals surface area (Å²) in [4.78, 5) is 14.0. The average molecular weight is 328 g/mol. The number of piperazine rings is 1. The Balaban J connectivity index is 1.63. The van der Waals surface area contributed by atoms with Crippen molar-refractivity contribution in [2.24, 2.45) is 5.92 Å². The minimum absolute atomic E-state index is 0.463. The first-order valence-electron chi connectivity index (χ1n) is 8.82. The third kappa shape index (κ3) is 3.93. The summed E-state index contributed by atoms with van der Waals surface area (Å²) in [5, 5.41) is 4.38. The second kappa shape index (κ2) is 7.30. The molecule has 0 bridgehead atoms. The van der Waals surface area contributed by atoms with Gasteiger partial charge in [-0.1, -0.05) is 19.9 Å². The zero-order valence-electron chi connectivity index (χ0n) is 15.2. The summed E-state index contributed by atoms with van der Waals surface area (Å²) in [6, 6.07) is 6.70. The van der Waals surface area contributed by atoms with E-state index in [0.29, 0.717) is 12.0 Å². The van der Waals surface area contributed by atoms with Crippen LogP contribution < -0.4 is 4.90 Å². The molecule has 0 radical (unpaired) electrons. The van der Waals surface area contributed by atoms with Gasteiger partial charge >= 0.3 is 0 Å². The highest BCUT2D eigenvalue weighted by Gasteiger charge is 2.25. The number of aryl methyl sites for hydroxylation is 1. The zero-order chi connectivity index (χ0) is 17.1. The molecule has 6 nitrogen and oxygen atoms in total. The fourth-order valence-corrected chi connectivity index (χ4v) is 3.23. The first kappa shape index (κ1) is 16.9. The van der Waals surface area contributed by atoms with Crippen LogP contribution in [0.15, 0.2) is 24.5 Å². The van der Waals surface area contributed by atoms with Gasteiger partial charge in [0, 0.05) is 37.9 Å². The van der Waals surface area contributed by atoms with Crippen molar-refractivity contribution >= 4 is 5.82 Å². The lowest BCUT2D eigenvalue weighted by Crippen LogP contribution is -2.52. The number of hydrogen-bond donors (Lipinski definition) is 0. The molecule has 2 aromatic heterocycles. The normalized spacial score (nSPS) is 19.2. The predicted octanol–water partition coefficient (Wildman–Crippen LogP) is 2.35. The van der Waals surface area contributed by atoms with Gasteiger partial charge in [-0.05, 0) is 31.9 Å². The van der Waals surface area contributed by atoms with Crippen LogP contribution in [-0.2, 0) is 13.1 Å². The Morgan fingerprint density at radius 2 is 2.08 bits per heavy atom. The fraction of sp³-hybridized carbons (Fsp3) is 0.611. The van der Waals surface area contributed by atoms with E-state index in [-0.39, 0.29) is 0 Å². The molecule has 2 aromatic rings. The van der Waals surface area contributed by atoms with Gasteiger partial charge in [-0.2, -0.15) is 5.10 Å². The number of nitrogens with zero attached hydrogens (tertiary/aromatic N) is 6. The molecule has 130 valence electrons. The van der Waals surface area contributed by atoms with Crippen molar-refractivity contribution in [3.05, 3.63) is 36.0 Å². The summed E-state index contributed by atoms with van der Waals surface area (Å²) in [7, 11) is 0. The minimum atomic E-state index is 0.463. The first-order valence-corrected chi connectivity index (χ1v) is 8.82. The van der Waals surface area contributed by atoms with Crippen molar-refractivity contribution in [3.8, 4) is 0 Å². The van der Waals surface area contributed by atoms with Crippen LogP contribution in [-0.4, -0.2) is 50.3 Å². The largest absolute Gasteiger partial charge is 0.354 e. The molecular weight excluding hydrogens is 300 g/mol. The van der Waals surface area contributed by atoms with Crippen LogP contribution >= 0.6 is 0 Å². The molecule has 3 heterocycles. The van der Waals surface area contributed by atoms with Crippen LogP contribution in [0.3, 0.4) is 0 Å². The molecule has 0 N–H and O–H groups in total. The zero-order valence-corrected chi connectivity index (χ0v) is 15.2.